The van der Waals surface area contributed by atoms with Crippen LogP contribution in [-0.2, 0) is 0 Å². The van der Waals surface area contributed by atoms with Crippen LogP contribution in [0.2, 0.25) is 0 Å². The van der Waals surface area contributed by atoms with E-state index in [0.29, 0.717) is 17.2 Å². The first-order valence-electron chi connectivity index (χ1n) is 11.1. The Morgan fingerprint density at radius 2 is 1.59 bits per heavy atom. The van der Waals surface area contributed by atoms with Crippen LogP contribution in [0, 0.1) is 24.7 Å². The lowest BCUT2D eigenvalue weighted by atomic mass is 9.64. The number of carbonyl (C=O) groups excluding carboxylic acids is 1. The molecule has 0 saturated heterocycles. The van der Waals surface area contributed by atoms with Gasteiger partial charge in [0.1, 0.15) is 5.75 Å². The molecule has 2 aromatic rings. The number of esters is 1. The van der Waals surface area contributed by atoms with Crippen LogP contribution < -0.4 is 4.74 Å². The van der Waals surface area contributed by atoms with Crippen LogP contribution in [0.1, 0.15) is 72.9 Å². The second-order valence-corrected chi connectivity index (χ2v) is 8.95. The Bertz CT molecular complexity index is 847. The fraction of sp³-hybridized carbons (Fsp3) is 0.444. The summed E-state index contributed by atoms with van der Waals surface area (Å²) in [6.07, 6.45) is 12.7. The minimum atomic E-state index is -0.286. The summed E-state index contributed by atoms with van der Waals surface area (Å²) < 4.78 is 5.50. The SMILES string of the molecule is C/C=C/C1CCC2CC(c3ccc(C(=O)Oc4ccc(C)cc4)cc3)CCC2C1. The number of rotatable bonds is 4. The quantitative estimate of drug-likeness (QED) is 0.317. The Balaban J connectivity index is 1.36. The Morgan fingerprint density at radius 3 is 2.31 bits per heavy atom. The average Bonchev–Trinajstić information content (AvgIpc) is 2.75. The lowest BCUT2D eigenvalue weighted by molar-refractivity contribution is 0.0734. The highest BCUT2D eigenvalue weighted by Crippen LogP contribution is 2.47. The van der Waals surface area contributed by atoms with Gasteiger partial charge in [-0.2, -0.15) is 0 Å². The fourth-order valence-corrected chi connectivity index (χ4v) is 5.34. The molecule has 0 N–H and O–H groups in total. The van der Waals surface area contributed by atoms with Crippen molar-refractivity contribution in [1.29, 1.82) is 0 Å². The van der Waals surface area contributed by atoms with Gasteiger partial charge in [0.2, 0.25) is 0 Å². The van der Waals surface area contributed by atoms with Crippen molar-refractivity contribution in [3.05, 3.63) is 77.4 Å². The minimum Gasteiger partial charge on any atom is -0.423 e. The first-order valence-corrected chi connectivity index (χ1v) is 11.1. The smallest absolute Gasteiger partial charge is 0.343 e. The lowest BCUT2D eigenvalue weighted by Gasteiger charge is -2.41. The maximum atomic E-state index is 12.4. The number of aryl methyl sites for hydroxylation is 1. The second-order valence-electron chi connectivity index (χ2n) is 8.95. The highest BCUT2D eigenvalue weighted by molar-refractivity contribution is 5.91. The molecule has 2 aliphatic carbocycles. The van der Waals surface area contributed by atoms with Gasteiger partial charge in [-0.1, -0.05) is 42.0 Å². The zero-order chi connectivity index (χ0) is 20.2. The third kappa shape index (κ3) is 4.80. The van der Waals surface area contributed by atoms with Crippen LogP contribution in [0.25, 0.3) is 0 Å². The largest absolute Gasteiger partial charge is 0.423 e. The number of hydrogen-bond donors (Lipinski definition) is 0. The molecule has 4 rings (SSSR count). The van der Waals surface area contributed by atoms with Gasteiger partial charge in [-0.25, -0.2) is 4.79 Å². The molecule has 4 atom stereocenters. The van der Waals surface area contributed by atoms with Gasteiger partial charge < -0.3 is 4.74 Å². The standard InChI is InChI=1S/C27H32O2/c1-3-4-20-7-8-25-18-24(14-13-23(25)17-20)21-9-11-22(12-10-21)27(28)29-26-15-5-19(2)6-16-26/h3-6,9-12,15-16,20,23-25H,7-8,13-14,17-18H2,1-2H3/b4-3+. The molecule has 0 heterocycles. The summed E-state index contributed by atoms with van der Waals surface area (Å²) in [6.45, 7) is 4.16. The van der Waals surface area contributed by atoms with Gasteiger partial charge in [-0.15, -0.1) is 0 Å². The molecule has 0 aliphatic heterocycles. The summed E-state index contributed by atoms with van der Waals surface area (Å²) in [5, 5.41) is 0. The summed E-state index contributed by atoms with van der Waals surface area (Å²) in [7, 11) is 0. The van der Waals surface area contributed by atoms with Crippen molar-refractivity contribution >= 4 is 5.97 Å². The molecule has 2 fully saturated rings. The zero-order valence-electron chi connectivity index (χ0n) is 17.6. The summed E-state index contributed by atoms with van der Waals surface area (Å²) >= 11 is 0. The van der Waals surface area contributed by atoms with E-state index in [2.05, 4.69) is 31.2 Å². The predicted octanol–water partition coefficient (Wildman–Crippen LogP) is 7.09. The van der Waals surface area contributed by atoms with E-state index in [0.717, 1.165) is 23.3 Å². The van der Waals surface area contributed by atoms with E-state index in [1.165, 1.54) is 44.1 Å². The van der Waals surface area contributed by atoms with E-state index in [9.17, 15) is 4.79 Å². The fourth-order valence-electron chi connectivity index (χ4n) is 5.34. The first-order chi connectivity index (χ1) is 14.1. The monoisotopic (exact) mass is 388 g/mol. The van der Waals surface area contributed by atoms with E-state index < -0.39 is 0 Å². The van der Waals surface area contributed by atoms with Gasteiger partial charge in [-0.3, -0.25) is 0 Å². The highest BCUT2D eigenvalue weighted by Gasteiger charge is 2.35. The van der Waals surface area contributed by atoms with Crippen molar-refractivity contribution in [3.63, 3.8) is 0 Å². The zero-order valence-corrected chi connectivity index (χ0v) is 17.6. The topological polar surface area (TPSA) is 26.3 Å². The molecular weight excluding hydrogens is 356 g/mol. The summed E-state index contributed by atoms with van der Waals surface area (Å²) in [4.78, 5) is 12.4. The number of hydrogen-bond acceptors (Lipinski definition) is 2. The molecule has 152 valence electrons. The third-order valence-corrected chi connectivity index (χ3v) is 6.97. The number of fused-ring (bicyclic) bond motifs is 1. The Hall–Kier alpha value is -2.35. The van der Waals surface area contributed by atoms with E-state index in [4.69, 9.17) is 4.74 Å². The van der Waals surface area contributed by atoms with Crippen molar-refractivity contribution in [2.75, 3.05) is 0 Å². The third-order valence-electron chi connectivity index (χ3n) is 6.97. The van der Waals surface area contributed by atoms with Crippen LogP contribution in [-0.4, -0.2) is 5.97 Å². The number of ether oxygens (including phenoxy) is 1. The summed E-state index contributed by atoms with van der Waals surface area (Å²) in [6, 6.07) is 15.7. The van der Waals surface area contributed by atoms with Crippen LogP contribution >= 0.6 is 0 Å². The van der Waals surface area contributed by atoms with E-state index in [1.54, 1.807) is 0 Å². The van der Waals surface area contributed by atoms with E-state index in [-0.39, 0.29) is 5.97 Å². The molecule has 0 bridgehead atoms. The maximum absolute atomic E-state index is 12.4. The molecule has 2 nitrogen and oxygen atoms in total. The van der Waals surface area contributed by atoms with Gasteiger partial charge in [0, 0.05) is 0 Å². The molecular formula is C27H32O2. The van der Waals surface area contributed by atoms with E-state index >= 15 is 0 Å². The van der Waals surface area contributed by atoms with Gasteiger partial charge in [0.25, 0.3) is 0 Å². The minimum absolute atomic E-state index is 0.286. The molecule has 0 aromatic heterocycles. The van der Waals surface area contributed by atoms with Crippen LogP contribution in [0.3, 0.4) is 0 Å². The molecule has 0 spiro atoms. The van der Waals surface area contributed by atoms with Crippen molar-refractivity contribution < 1.29 is 9.53 Å². The van der Waals surface area contributed by atoms with Crippen molar-refractivity contribution in [3.8, 4) is 5.75 Å². The maximum Gasteiger partial charge on any atom is 0.343 e. The second kappa shape index (κ2) is 8.98. The normalized spacial score (nSPS) is 26.8. The van der Waals surface area contributed by atoms with Gasteiger partial charge in [0.15, 0.2) is 0 Å². The number of allylic oxidation sites excluding steroid dienone is 2. The molecule has 2 saturated carbocycles. The first kappa shape index (κ1) is 19.9. The van der Waals surface area contributed by atoms with Crippen molar-refractivity contribution in [2.45, 2.75) is 58.3 Å². The van der Waals surface area contributed by atoms with Gasteiger partial charge in [0.05, 0.1) is 5.56 Å². The lowest BCUT2D eigenvalue weighted by Crippen LogP contribution is -2.30. The summed E-state index contributed by atoms with van der Waals surface area (Å²) in [5.41, 5.74) is 3.15. The molecule has 2 aromatic carbocycles. The molecule has 2 aliphatic rings. The highest BCUT2D eigenvalue weighted by atomic mass is 16.5. The average molecular weight is 389 g/mol. The Labute approximate surface area is 175 Å². The number of benzene rings is 2. The summed E-state index contributed by atoms with van der Waals surface area (Å²) in [5.74, 6) is 3.53. The van der Waals surface area contributed by atoms with Crippen LogP contribution in [0.4, 0.5) is 0 Å². The number of carbonyl (C=O) groups is 1. The predicted molar refractivity (Wildman–Crippen MR) is 118 cm³/mol. The molecule has 29 heavy (non-hydrogen) atoms. The molecule has 0 amide bonds. The van der Waals surface area contributed by atoms with Crippen molar-refractivity contribution in [2.24, 2.45) is 17.8 Å². The van der Waals surface area contributed by atoms with E-state index in [1.807, 2.05) is 43.3 Å². The van der Waals surface area contributed by atoms with Crippen LogP contribution in [0.15, 0.2) is 60.7 Å². The van der Waals surface area contributed by atoms with Gasteiger partial charge in [-0.05, 0) is 106 Å². The van der Waals surface area contributed by atoms with Gasteiger partial charge >= 0.3 is 5.97 Å². The Morgan fingerprint density at radius 1 is 0.897 bits per heavy atom. The van der Waals surface area contributed by atoms with Crippen molar-refractivity contribution in [1.82, 2.24) is 0 Å². The van der Waals surface area contributed by atoms with Crippen LogP contribution in [0.5, 0.6) is 5.75 Å². The molecule has 2 heteroatoms. The Kier molecular flexibility index (Phi) is 6.18. The molecule has 4 unspecified atom stereocenters. The molecule has 0 radical (unpaired) electrons.